The van der Waals surface area contributed by atoms with Crippen LogP contribution < -0.4 is 5.32 Å². The van der Waals surface area contributed by atoms with Crippen LogP contribution in [-0.4, -0.2) is 17.2 Å². The van der Waals surface area contributed by atoms with Crippen LogP contribution in [0.15, 0.2) is 34.9 Å². The third-order valence-electron chi connectivity index (χ3n) is 2.65. The summed E-state index contributed by atoms with van der Waals surface area (Å²) >= 11 is 0. The number of hydrogen-bond donors (Lipinski definition) is 1. The molecule has 0 fully saturated rings. The molecule has 1 atom stereocenters. The molecule has 0 spiro atoms. The predicted molar refractivity (Wildman–Crippen MR) is 61.2 cm³/mol. The Balaban J connectivity index is 2.13. The van der Waals surface area contributed by atoms with Crippen molar-refractivity contribution in [2.75, 3.05) is 7.05 Å². The lowest BCUT2D eigenvalue weighted by Crippen LogP contribution is -2.19. The highest BCUT2D eigenvalue weighted by Gasteiger charge is 2.37. The molecular formula is C12H12F3N3O. The standard InChI is InChI=1S/C12H12F3N3O/c1-16-9(8-5-3-2-4-6-8)7-10-17-11(18-19-10)12(13,14)15/h2-6,9,16H,7H2,1H3. The van der Waals surface area contributed by atoms with Gasteiger partial charge in [0.05, 0.1) is 0 Å². The molecule has 1 unspecified atom stereocenters. The third-order valence-corrected chi connectivity index (χ3v) is 2.65. The average molecular weight is 271 g/mol. The van der Waals surface area contributed by atoms with Crippen molar-refractivity contribution in [3.63, 3.8) is 0 Å². The van der Waals surface area contributed by atoms with Gasteiger partial charge in [0.1, 0.15) is 0 Å². The Morgan fingerprint density at radius 1 is 1.26 bits per heavy atom. The Labute approximate surface area is 107 Å². The van der Waals surface area contributed by atoms with Gasteiger partial charge in [0.25, 0.3) is 5.82 Å². The molecule has 0 saturated heterocycles. The van der Waals surface area contributed by atoms with Crippen molar-refractivity contribution in [1.29, 1.82) is 0 Å². The molecule has 1 heterocycles. The first kappa shape index (κ1) is 13.5. The van der Waals surface area contributed by atoms with Crippen molar-refractivity contribution < 1.29 is 17.7 Å². The number of nitrogens with zero attached hydrogens (tertiary/aromatic N) is 2. The Kier molecular flexibility index (Phi) is 3.84. The molecule has 2 aromatic rings. The minimum atomic E-state index is -4.58. The zero-order valence-electron chi connectivity index (χ0n) is 10.1. The van der Waals surface area contributed by atoms with Gasteiger partial charge >= 0.3 is 6.18 Å². The maximum absolute atomic E-state index is 12.3. The molecule has 1 aromatic carbocycles. The number of hydrogen-bond acceptors (Lipinski definition) is 4. The fourth-order valence-electron chi connectivity index (χ4n) is 1.70. The average Bonchev–Trinajstić information content (AvgIpc) is 2.85. The summed E-state index contributed by atoms with van der Waals surface area (Å²) in [4.78, 5) is 3.35. The van der Waals surface area contributed by atoms with E-state index in [1.807, 2.05) is 30.3 Å². The Morgan fingerprint density at radius 2 is 1.95 bits per heavy atom. The molecule has 0 bridgehead atoms. The minimum Gasteiger partial charge on any atom is -0.339 e. The van der Waals surface area contributed by atoms with Crippen LogP contribution in [0.5, 0.6) is 0 Å². The predicted octanol–water partition coefficient (Wildman–Crippen LogP) is 2.59. The van der Waals surface area contributed by atoms with Gasteiger partial charge in [0.2, 0.25) is 5.89 Å². The van der Waals surface area contributed by atoms with Crippen LogP contribution in [0.4, 0.5) is 13.2 Å². The van der Waals surface area contributed by atoms with E-state index < -0.39 is 12.0 Å². The lowest BCUT2D eigenvalue weighted by Gasteiger charge is -2.13. The lowest BCUT2D eigenvalue weighted by atomic mass is 10.0. The second kappa shape index (κ2) is 5.40. The van der Waals surface area contributed by atoms with Gasteiger partial charge in [-0.05, 0) is 12.6 Å². The van der Waals surface area contributed by atoms with Crippen LogP contribution in [0.1, 0.15) is 23.3 Å². The van der Waals surface area contributed by atoms with Crippen LogP contribution in [0.2, 0.25) is 0 Å². The molecule has 2 rings (SSSR count). The van der Waals surface area contributed by atoms with E-state index in [1.54, 1.807) is 7.05 Å². The van der Waals surface area contributed by atoms with Gasteiger partial charge in [-0.3, -0.25) is 0 Å². The van der Waals surface area contributed by atoms with Gasteiger partial charge < -0.3 is 9.84 Å². The van der Waals surface area contributed by atoms with Crippen molar-refractivity contribution in [3.8, 4) is 0 Å². The van der Waals surface area contributed by atoms with E-state index in [1.165, 1.54) is 0 Å². The first-order valence-electron chi connectivity index (χ1n) is 5.62. The van der Waals surface area contributed by atoms with E-state index in [0.717, 1.165) is 5.56 Å². The maximum atomic E-state index is 12.3. The number of likely N-dealkylation sites (N-methyl/N-ethyl adjacent to an activating group) is 1. The lowest BCUT2D eigenvalue weighted by molar-refractivity contribution is -0.146. The molecule has 0 radical (unpaired) electrons. The van der Waals surface area contributed by atoms with E-state index in [0.29, 0.717) is 0 Å². The fraction of sp³-hybridized carbons (Fsp3) is 0.333. The van der Waals surface area contributed by atoms with E-state index in [4.69, 9.17) is 0 Å². The van der Waals surface area contributed by atoms with Crippen molar-refractivity contribution in [1.82, 2.24) is 15.5 Å². The normalized spacial score (nSPS) is 13.5. The SMILES string of the molecule is CNC(Cc1nc(C(F)(F)F)no1)c1ccccc1. The smallest absolute Gasteiger partial charge is 0.339 e. The molecule has 0 saturated carbocycles. The topological polar surface area (TPSA) is 51.0 Å². The van der Waals surface area contributed by atoms with Gasteiger partial charge in [0.15, 0.2) is 0 Å². The van der Waals surface area contributed by atoms with Gasteiger partial charge in [0, 0.05) is 12.5 Å². The summed E-state index contributed by atoms with van der Waals surface area (Å²) in [5.74, 6) is -1.29. The van der Waals surface area contributed by atoms with Crippen LogP contribution in [0.3, 0.4) is 0 Å². The Hall–Kier alpha value is -1.89. The summed E-state index contributed by atoms with van der Waals surface area (Å²) < 4.78 is 41.7. The molecule has 1 aromatic heterocycles. The number of rotatable bonds is 4. The van der Waals surface area contributed by atoms with Crippen LogP contribution in [-0.2, 0) is 12.6 Å². The van der Waals surface area contributed by atoms with Crippen LogP contribution in [0.25, 0.3) is 0 Å². The van der Waals surface area contributed by atoms with Crippen molar-refractivity contribution in [3.05, 3.63) is 47.6 Å². The highest BCUT2D eigenvalue weighted by atomic mass is 19.4. The van der Waals surface area contributed by atoms with Gasteiger partial charge in [-0.15, -0.1) is 0 Å². The van der Waals surface area contributed by atoms with Gasteiger partial charge in [-0.25, -0.2) is 0 Å². The quantitative estimate of drug-likeness (QED) is 0.928. The fourth-order valence-corrected chi connectivity index (χ4v) is 1.70. The third kappa shape index (κ3) is 3.31. The summed E-state index contributed by atoms with van der Waals surface area (Å²) in [5, 5.41) is 5.94. The van der Waals surface area contributed by atoms with Gasteiger partial charge in [-0.2, -0.15) is 18.2 Å². The molecule has 0 aliphatic rings. The Morgan fingerprint density at radius 3 is 2.47 bits per heavy atom. The number of benzene rings is 1. The molecule has 7 heteroatoms. The molecule has 0 amide bonds. The number of alkyl halides is 3. The molecular weight excluding hydrogens is 259 g/mol. The Bertz CT molecular complexity index is 525. The van der Waals surface area contributed by atoms with E-state index >= 15 is 0 Å². The molecule has 1 N–H and O–H groups in total. The zero-order chi connectivity index (χ0) is 13.9. The molecule has 102 valence electrons. The maximum Gasteiger partial charge on any atom is 0.455 e. The number of halogens is 3. The minimum absolute atomic E-state index is 0.0458. The monoisotopic (exact) mass is 271 g/mol. The molecule has 19 heavy (non-hydrogen) atoms. The van der Waals surface area contributed by atoms with Crippen LogP contribution in [0, 0.1) is 0 Å². The number of aromatic nitrogens is 2. The summed E-state index contributed by atoms with van der Waals surface area (Å²) in [5.41, 5.74) is 0.941. The van der Waals surface area contributed by atoms with Gasteiger partial charge in [-0.1, -0.05) is 35.5 Å². The first-order valence-corrected chi connectivity index (χ1v) is 5.62. The second-order valence-electron chi connectivity index (χ2n) is 3.97. The summed E-state index contributed by atoms with van der Waals surface area (Å²) in [7, 11) is 1.72. The first-order chi connectivity index (χ1) is 9.00. The van der Waals surface area contributed by atoms with Crippen molar-refractivity contribution in [2.45, 2.75) is 18.6 Å². The summed E-state index contributed by atoms with van der Waals surface area (Å²) in [6, 6.07) is 9.15. The summed E-state index contributed by atoms with van der Waals surface area (Å²) in [6.07, 6.45) is -4.38. The van der Waals surface area contributed by atoms with E-state index in [9.17, 15) is 13.2 Å². The largest absolute Gasteiger partial charge is 0.455 e. The highest BCUT2D eigenvalue weighted by Crippen LogP contribution is 2.27. The molecule has 0 aliphatic heterocycles. The molecule has 0 aliphatic carbocycles. The zero-order valence-corrected chi connectivity index (χ0v) is 10.1. The summed E-state index contributed by atoms with van der Waals surface area (Å²) in [6.45, 7) is 0. The van der Waals surface area contributed by atoms with E-state index in [2.05, 4.69) is 20.0 Å². The molecule has 4 nitrogen and oxygen atoms in total. The highest BCUT2D eigenvalue weighted by molar-refractivity contribution is 5.19. The van der Waals surface area contributed by atoms with Crippen molar-refractivity contribution >= 4 is 0 Å². The van der Waals surface area contributed by atoms with E-state index in [-0.39, 0.29) is 18.4 Å². The number of nitrogens with one attached hydrogen (secondary N) is 1. The second-order valence-corrected chi connectivity index (χ2v) is 3.97. The van der Waals surface area contributed by atoms with Crippen molar-refractivity contribution in [2.24, 2.45) is 0 Å². The van der Waals surface area contributed by atoms with Crippen LogP contribution >= 0.6 is 0 Å².